The van der Waals surface area contributed by atoms with Gasteiger partial charge in [0.25, 0.3) is 0 Å². The first-order chi connectivity index (χ1) is 10.8. The molecule has 2 saturated heterocycles. The quantitative estimate of drug-likeness (QED) is 0.243. The molecule has 2 heterocycles. The normalized spacial score (nSPS) is 51.7. The van der Waals surface area contributed by atoms with Crippen molar-refractivity contribution in [1.29, 1.82) is 0 Å². The molecule has 0 saturated carbocycles. The van der Waals surface area contributed by atoms with Gasteiger partial charge in [-0.1, -0.05) is 0 Å². The topological polar surface area (TPSA) is 190 Å². The molecule has 2 fully saturated rings. The van der Waals surface area contributed by atoms with Gasteiger partial charge in [0.05, 0.1) is 13.2 Å². The summed E-state index contributed by atoms with van der Waals surface area (Å²) in [5.74, 6) is 0. The molecule has 10 atom stereocenters. The Bertz CT molecular complexity index is 380. The fourth-order valence-electron chi connectivity index (χ4n) is 2.56. The van der Waals surface area contributed by atoms with E-state index < -0.39 is 74.6 Å². The lowest BCUT2D eigenvalue weighted by atomic mass is 9.97. The maximum absolute atomic E-state index is 10.00. The zero-order chi connectivity index (χ0) is 17.3. The predicted octanol–water partition coefficient (Wildman–Crippen LogP) is -5.40. The minimum Gasteiger partial charge on any atom is -0.394 e. The molecule has 0 aromatic carbocycles. The molecule has 2 aliphatic rings. The van der Waals surface area contributed by atoms with Crippen LogP contribution in [0.2, 0.25) is 0 Å². The molecule has 0 aromatic rings. The predicted molar refractivity (Wildman–Crippen MR) is 68.6 cm³/mol. The van der Waals surface area contributed by atoms with E-state index in [9.17, 15) is 30.6 Å². The number of hydrogen-bond acceptors (Lipinski definition) is 11. The third-order valence-corrected chi connectivity index (χ3v) is 3.98. The lowest BCUT2D eigenvalue weighted by Gasteiger charge is -2.45. The van der Waals surface area contributed by atoms with Crippen LogP contribution in [0.25, 0.3) is 0 Å². The van der Waals surface area contributed by atoms with E-state index >= 15 is 0 Å². The Hall–Kier alpha value is -0.440. The first-order valence-corrected chi connectivity index (χ1v) is 7.08. The second-order valence-electron chi connectivity index (χ2n) is 5.53. The summed E-state index contributed by atoms with van der Waals surface area (Å²) in [6.07, 6.45) is -15.7. The molecular weight excluding hydrogens is 320 g/mol. The van der Waals surface area contributed by atoms with Crippen LogP contribution in [0.5, 0.6) is 0 Å². The zero-order valence-corrected chi connectivity index (χ0v) is 12.0. The van der Waals surface area contributed by atoms with E-state index in [2.05, 4.69) is 0 Å². The highest BCUT2D eigenvalue weighted by Gasteiger charge is 2.50. The largest absolute Gasteiger partial charge is 0.394 e. The van der Waals surface area contributed by atoms with Gasteiger partial charge in [-0.15, -0.1) is 0 Å². The number of aliphatic hydroxyl groups excluding tert-OH is 8. The van der Waals surface area contributed by atoms with Crippen molar-refractivity contribution in [1.82, 2.24) is 0 Å². The summed E-state index contributed by atoms with van der Waals surface area (Å²) in [6.45, 7) is -1.34. The van der Waals surface area contributed by atoms with Gasteiger partial charge in [-0.05, 0) is 0 Å². The molecule has 23 heavy (non-hydrogen) atoms. The van der Waals surface area contributed by atoms with Crippen molar-refractivity contribution in [3.05, 3.63) is 0 Å². The van der Waals surface area contributed by atoms with Gasteiger partial charge in [0.15, 0.2) is 12.6 Å². The van der Waals surface area contributed by atoms with Gasteiger partial charge in [0.2, 0.25) is 0 Å². The third kappa shape index (κ3) is 3.65. The van der Waals surface area contributed by atoms with Crippen LogP contribution in [0.4, 0.5) is 0 Å². The molecule has 11 heteroatoms. The summed E-state index contributed by atoms with van der Waals surface area (Å²) in [5, 5.41) is 76.8. The molecule has 2 aliphatic heterocycles. The Labute approximate surface area is 130 Å². The van der Waals surface area contributed by atoms with Crippen molar-refractivity contribution in [2.24, 2.45) is 0 Å². The molecule has 11 nitrogen and oxygen atoms in total. The Morgan fingerprint density at radius 3 is 1.78 bits per heavy atom. The van der Waals surface area contributed by atoms with E-state index in [1.165, 1.54) is 0 Å². The minimum absolute atomic E-state index is 0.667. The maximum Gasteiger partial charge on any atom is 0.187 e. The smallest absolute Gasteiger partial charge is 0.187 e. The first kappa shape index (κ1) is 18.9. The van der Waals surface area contributed by atoms with Crippen LogP contribution in [0.3, 0.4) is 0 Å². The SMILES string of the molecule is OC[C@@H]1O[C@@H](O[C@H]2[C@@H](O)[C@H](O)O[C@@H](CO)[C@@H]2O)[C@H](O)[C@H](O)[C@H]1O. The summed E-state index contributed by atoms with van der Waals surface area (Å²) in [6, 6.07) is 0. The van der Waals surface area contributed by atoms with Crippen LogP contribution in [0.1, 0.15) is 0 Å². The van der Waals surface area contributed by atoms with Crippen LogP contribution < -0.4 is 0 Å². The average Bonchev–Trinajstić information content (AvgIpc) is 2.54. The second kappa shape index (κ2) is 7.63. The molecule has 0 unspecified atom stereocenters. The summed E-state index contributed by atoms with van der Waals surface area (Å²) in [5.41, 5.74) is 0. The highest BCUT2D eigenvalue weighted by molar-refractivity contribution is 4.93. The van der Waals surface area contributed by atoms with E-state index in [0.29, 0.717) is 0 Å². The fourth-order valence-corrected chi connectivity index (χ4v) is 2.56. The van der Waals surface area contributed by atoms with Crippen molar-refractivity contribution in [2.45, 2.75) is 61.4 Å². The fraction of sp³-hybridized carbons (Fsp3) is 1.00. The number of hydrogen-bond donors (Lipinski definition) is 8. The first-order valence-electron chi connectivity index (χ1n) is 7.08. The highest BCUT2D eigenvalue weighted by Crippen LogP contribution is 2.28. The van der Waals surface area contributed by atoms with Crippen LogP contribution in [0.15, 0.2) is 0 Å². The maximum atomic E-state index is 10.00. The molecule has 0 aromatic heterocycles. The Balaban J connectivity index is 2.11. The van der Waals surface area contributed by atoms with Gasteiger partial charge >= 0.3 is 0 Å². The standard InChI is InChI=1S/C12H22O11/c13-1-3-5(15)7(17)8(18)12(22-3)23-10-6(16)4(2-14)21-11(20)9(10)19/h3-20H,1-2H2/t3-,4-,5-,6-,7+,8+,9+,10+,11+,12-/m0/s1. The highest BCUT2D eigenvalue weighted by atomic mass is 16.7. The van der Waals surface area contributed by atoms with Gasteiger partial charge in [-0.3, -0.25) is 0 Å². The lowest BCUT2D eigenvalue weighted by molar-refractivity contribution is -0.355. The van der Waals surface area contributed by atoms with Crippen molar-refractivity contribution in [3.8, 4) is 0 Å². The number of ether oxygens (including phenoxy) is 3. The van der Waals surface area contributed by atoms with E-state index in [1.807, 2.05) is 0 Å². The Kier molecular flexibility index (Phi) is 6.27. The van der Waals surface area contributed by atoms with Crippen molar-refractivity contribution in [3.63, 3.8) is 0 Å². The molecular formula is C12H22O11. The van der Waals surface area contributed by atoms with Gasteiger partial charge in [0.1, 0.15) is 48.8 Å². The van der Waals surface area contributed by atoms with Gasteiger partial charge in [0, 0.05) is 0 Å². The van der Waals surface area contributed by atoms with Gasteiger partial charge < -0.3 is 55.1 Å². The molecule has 0 amide bonds. The van der Waals surface area contributed by atoms with E-state index in [1.54, 1.807) is 0 Å². The summed E-state index contributed by atoms with van der Waals surface area (Å²) < 4.78 is 15.1. The number of aliphatic hydroxyl groups is 8. The van der Waals surface area contributed by atoms with Crippen LogP contribution in [-0.2, 0) is 14.2 Å². The monoisotopic (exact) mass is 342 g/mol. The summed E-state index contributed by atoms with van der Waals surface area (Å²) in [4.78, 5) is 0. The number of rotatable bonds is 4. The van der Waals surface area contributed by atoms with Crippen molar-refractivity contribution in [2.75, 3.05) is 13.2 Å². The lowest BCUT2D eigenvalue weighted by Crippen LogP contribution is -2.64. The van der Waals surface area contributed by atoms with Crippen LogP contribution in [-0.4, -0.2) is 115 Å². The van der Waals surface area contributed by atoms with Gasteiger partial charge in [-0.2, -0.15) is 0 Å². The molecule has 0 bridgehead atoms. The van der Waals surface area contributed by atoms with E-state index in [0.717, 1.165) is 0 Å². The average molecular weight is 342 g/mol. The van der Waals surface area contributed by atoms with Crippen molar-refractivity contribution >= 4 is 0 Å². The Morgan fingerprint density at radius 2 is 1.22 bits per heavy atom. The molecule has 2 rings (SSSR count). The van der Waals surface area contributed by atoms with Crippen LogP contribution >= 0.6 is 0 Å². The summed E-state index contributed by atoms with van der Waals surface area (Å²) >= 11 is 0. The third-order valence-electron chi connectivity index (χ3n) is 3.98. The minimum atomic E-state index is -1.76. The molecule has 0 radical (unpaired) electrons. The second-order valence-corrected chi connectivity index (χ2v) is 5.53. The zero-order valence-electron chi connectivity index (χ0n) is 12.0. The van der Waals surface area contributed by atoms with Crippen molar-refractivity contribution < 1.29 is 55.1 Å². The summed E-state index contributed by atoms with van der Waals surface area (Å²) in [7, 11) is 0. The molecule has 136 valence electrons. The molecule has 0 aliphatic carbocycles. The van der Waals surface area contributed by atoms with Gasteiger partial charge in [-0.25, -0.2) is 0 Å². The molecule has 8 N–H and O–H groups in total. The van der Waals surface area contributed by atoms with E-state index in [4.69, 9.17) is 24.4 Å². The molecule has 0 spiro atoms. The van der Waals surface area contributed by atoms with E-state index in [-0.39, 0.29) is 0 Å². The van der Waals surface area contributed by atoms with Crippen LogP contribution in [0, 0.1) is 0 Å². The Morgan fingerprint density at radius 1 is 0.652 bits per heavy atom.